The molecule has 0 aliphatic heterocycles. The van der Waals surface area contributed by atoms with Crippen LogP contribution in [-0.4, -0.2) is 27.4 Å². The number of hydrogen-bond acceptors (Lipinski definition) is 3. The fraction of sp³-hybridized carbons (Fsp3) is 0.875. The molecule has 4 nitrogen and oxygen atoms in total. The molecule has 4 heteroatoms. The summed E-state index contributed by atoms with van der Waals surface area (Å²) in [5.41, 5.74) is 0. The van der Waals surface area contributed by atoms with Crippen molar-refractivity contribution in [2.45, 2.75) is 65.0 Å². The van der Waals surface area contributed by atoms with E-state index in [4.69, 9.17) is 0 Å². The smallest absolute Gasteiger partial charge is 0.138 e. The summed E-state index contributed by atoms with van der Waals surface area (Å²) in [6.45, 7) is 6.46. The van der Waals surface area contributed by atoms with Crippen molar-refractivity contribution in [2.24, 2.45) is 17.8 Å². The van der Waals surface area contributed by atoms with E-state index in [-0.39, 0.29) is 0 Å². The maximum absolute atomic E-state index is 4.50. The summed E-state index contributed by atoms with van der Waals surface area (Å²) in [6, 6.07) is 0.605. The molecule has 1 aromatic rings. The summed E-state index contributed by atoms with van der Waals surface area (Å²) in [7, 11) is 0. The molecule has 2 aliphatic carbocycles. The van der Waals surface area contributed by atoms with Crippen molar-refractivity contribution in [3.8, 4) is 0 Å². The monoisotopic (exact) mass is 276 g/mol. The van der Waals surface area contributed by atoms with Crippen molar-refractivity contribution in [2.75, 3.05) is 6.54 Å². The first-order valence-corrected chi connectivity index (χ1v) is 8.45. The number of aromatic nitrogens is 3. The van der Waals surface area contributed by atoms with Gasteiger partial charge in [0.05, 0.1) is 0 Å². The average molecular weight is 276 g/mol. The van der Waals surface area contributed by atoms with Crippen LogP contribution in [0.3, 0.4) is 0 Å². The Balaban J connectivity index is 1.66. The molecule has 1 aromatic heterocycles. The van der Waals surface area contributed by atoms with E-state index in [0.717, 1.165) is 43.7 Å². The molecule has 0 spiro atoms. The third kappa shape index (κ3) is 2.76. The molecule has 0 radical (unpaired) electrons. The van der Waals surface area contributed by atoms with Crippen molar-refractivity contribution in [1.82, 2.24) is 20.1 Å². The zero-order valence-electron chi connectivity index (χ0n) is 12.9. The van der Waals surface area contributed by atoms with Crippen molar-refractivity contribution < 1.29 is 0 Å². The maximum atomic E-state index is 4.50. The zero-order chi connectivity index (χ0) is 13.9. The highest BCUT2D eigenvalue weighted by molar-refractivity contribution is 5.07. The summed E-state index contributed by atoms with van der Waals surface area (Å²) in [5, 5.41) is 8.09. The summed E-state index contributed by atoms with van der Waals surface area (Å²) in [5.74, 6) is 4.05. The lowest BCUT2D eigenvalue weighted by Crippen LogP contribution is -2.35. The van der Waals surface area contributed by atoms with E-state index in [9.17, 15) is 0 Å². The fourth-order valence-corrected chi connectivity index (χ4v) is 4.29. The largest absolute Gasteiger partial charge is 0.314 e. The Morgan fingerprint density at radius 1 is 1.30 bits per heavy atom. The van der Waals surface area contributed by atoms with Gasteiger partial charge in [0.2, 0.25) is 0 Å². The van der Waals surface area contributed by atoms with Gasteiger partial charge in [0.25, 0.3) is 0 Å². The van der Waals surface area contributed by atoms with Crippen molar-refractivity contribution in [3.05, 3.63) is 12.2 Å². The molecule has 2 saturated carbocycles. The van der Waals surface area contributed by atoms with Gasteiger partial charge in [0.15, 0.2) is 0 Å². The first kappa shape index (κ1) is 14.1. The zero-order valence-corrected chi connectivity index (χ0v) is 12.9. The highest BCUT2D eigenvalue weighted by atomic mass is 15.3. The molecule has 3 unspecified atom stereocenters. The summed E-state index contributed by atoms with van der Waals surface area (Å²) in [6.07, 6.45) is 9.69. The Kier molecular flexibility index (Phi) is 4.39. The molecule has 1 heterocycles. The maximum Gasteiger partial charge on any atom is 0.138 e. The van der Waals surface area contributed by atoms with Crippen molar-refractivity contribution in [3.63, 3.8) is 0 Å². The second kappa shape index (κ2) is 6.25. The van der Waals surface area contributed by atoms with Gasteiger partial charge in [-0.1, -0.05) is 26.7 Å². The van der Waals surface area contributed by atoms with Crippen LogP contribution in [0.5, 0.6) is 0 Å². The van der Waals surface area contributed by atoms with E-state index in [0.29, 0.717) is 6.04 Å². The number of likely N-dealkylation sites (N-methyl/N-ethyl adjacent to an activating group) is 1. The highest BCUT2D eigenvalue weighted by Gasteiger charge is 2.53. The van der Waals surface area contributed by atoms with Crippen LogP contribution in [0, 0.1) is 17.8 Å². The minimum absolute atomic E-state index is 0.605. The van der Waals surface area contributed by atoms with Gasteiger partial charge in [-0.2, -0.15) is 5.10 Å². The molecule has 0 amide bonds. The first-order chi connectivity index (χ1) is 9.85. The van der Waals surface area contributed by atoms with Crippen molar-refractivity contribution >= 4 is 0 Å². The molecule has 2 fully saturated rings. The number of nitrogens with zero attached hydrogens (tertiary/aromatic N) is 3. The minimum Gasteiger partial charge on any atom is -0.314 e. The second-order valence-electron chi connectivity index (χ2n) is 6.46. The predicted molar refractivity (Wildman–Crippen MR) is 80.4 cm³/mol. The van der Waals surface area contributed by atoms with Gasteiger partial charge in [-0.25, -0.2) is 4.98 Å². The molecule has 0 bridgehead atoms. The molecule has 2 aliphatic rings. The number of nitrogens with one attached hydrogen (secondary N) is 1. The van der Waals surface area contributed by atoms with E-state index in [1.54, 1.807) is 6.33 Å². The fourth-order valence-electron chi connectivity index (χ4n) is 4.29. The molecule has 1 N–H and O–H groups in total. The lowest BCUT2D eigenvalue weighted by atomic mass is 10.0. The molecular formula is C16H28N4. The highest BCUT2D eigenvalue weighted by Crippen LogP contribution is 2.57. The number of aryl methyl sites for hydroxylation is 1. The van der Waals surface area contributed by atoms with E-state index in [2.05, 4.69) is 33.9 Å². The van der Waals surface area contributed by atoms with Crippen molar-refractivity contribution in [1.29, 1.82) is 0 Å². The van der Waals surface area contributed by atoms with Crippen LogP contribution in [0.1, 0.15) is 51.8 Å². The van der Waals surface area contributed by atoms with Gasteiger partial charge in [0.1, 0.15) is 12.2 Å². The van der Waals surface area contributed by atoms with Crippen LogP contribution in [0.2, 0.25) is 0 Å². The Bertz CT molecular complexity index is 416. The Morgan fingerprint density at radius 2 is 2.05 bits per heavy atom. The van der Waals surface area contributed by atoms with Gasteiger partial charge in [-0.15, -0.1) is 0 Å². The van der Waals surface area contributed by atoms with Crippen LogP contribution in [-0.2, 0) is 13.0 Å². The molecule has 112 valence electrons. The standard InChI is InChI=1S/C16H28N4/c1-3-9-20-15(18-11-19-20)10-14(17-4-2)16-12-7-5-6-8-13(12)16/h11-14,16-17H,3-10H2,1-2H3. The summed E-state index contributed by atoms with van der Waals surface area (Å²) >= 11 is 0. The summed E-state index contributed by atoms with van der Waals surface area (Å²) < 4.78 is 2.09. The number of rotatable bonds is 7. The van der Waals surface area contributed by atoms with Crippen LogP contribution < -0.4 is 5.32 Å². The second-order valence-corrected chi connectivity index (χ2v) is 6.46. The predicted octanol–water partition coefficient (Wildman–Crippen LogP) is 2.64. The van der Waals surface area contributed by atoms with Crippen LogP contribution in [0.25, 0.3) is 0 Å². The molecule has 3 atom stereocenters. The van der Waals surface area contributed by atoms with Crippen LogP contribution in [0.4, 0.5) is 0 Å². The first-order valence-electron chi connectivity index (χ1n) is 8.45. The molecule has 20 heavy (non-hydrogen) atoms. The number of fused-ring (bicyclic) bond motifs is 1. The van der Waals surface area contributed by atoms with Crippen LogP contribution >= 0.6 is 0 Å². The lowest BCUT2D eigenvalue weighted by Gasteiger charge is -2.18. The molecular weight excluding hydrogens is 248 g/mol. The number of hydrogen-bond donors (Lipinski definition) is 1. The van der Waals surface area contributed by atoms with Gasteiger partial charge < -0.3 is 5.32 Å². The SMILES string of the molecule is CCCn1ncnc1CC(NCC)C1C2CCCCC21. The van der Waals surface area contributed by atoms with Gasteiger partial charge in [-0.05, 0) is 43.6 Å². The topological polar surface area (TPSA) is 42.7 Å². The molecule has 0 saturated heterocycles. The molecule has 0 aromatic carbocycles. The van der Waals surface area contributed by atoms with E-state index < -0.39 is 0 Å². The quantitative estimate of drug-likeness (QED) is 0.832. The Morgan fingerprint density at radius 3 is 2.70 bits per heavy atom. The van der Waals surface area contributed by atoms with E-state index >= 15 is 0 Å². The molecule has 3 rings (SSSR count). The third-order valence-corrected chi connectivity index (χ3v) is 5.19. The van der Waals surface area contributed by atoms with E-state index in [1.807, 2.05) is 0 Å². The normalized spacial score (nSPS) is 30.0. The average Bonchev–Trinajstić information content (AvgIpc) is 3.04. The third-order valence-electron chi connectivity index (χ3n) is 5.19. The van der Waals surface area contributed by atoms with E-state index in [1.165, 1.54) is 31.5 Å². The van der Waals surface area contributed by atoms with Crippen LogP contribution in [0.15, 0.2) is 6.33 Å². The minimum atomic E-state index is 0.605. The van der Waals surface area contributed by atoms with Gasteiger partial charge in [0, 0.05) is 19.0 Å². The lowest BCUT2D eigenvalue weighted by molar-refractivity contribution is 0.418. The summed E-state index contributed by atoms with van der Waals surface area (Å²) in [4.78, 5) is 4.50. The Hall–Kier alpha value is -0.900. The van der Waals surface area contributed by atoms with Gasteiger partial charge in [-0.3, -0.25) is 4.68 Å². The van der Waals surface area contributed by atoms with Gasteiger partial charge >= 0.3 is 0 Å². The Labute approximate surface area is 122 Å².